The maximum absolute atomic E-state index is 12.5. The van der Waals surface area contributed by atoms with Crippen molar-refractivity contribution in [3.8, 4) is 0 Å². The highest BCUT2D eigenvalue weighted by molar-refractivity contribution is 6.60. The van der Waals surface area contributed by atoms with E-state index >= 15 is 0 Å². The Hall–Kier alpha value is -2.23. The number of imide groups is 1. The quantitative estimate of drug-likeness (QED) is 0.383. The molecule has 4 nitrogen and oxygen atoms in total. The number of ketones is 1. The summed E-state index contributed by atoms with van der Waals surface area (Å²) in [5, 5.41) is 0.709. The molecule has 23 heavy (non-hydrogen) atoms. The second-order valence-corrected chi connectivity index (χ2v) is 5.78. The molecule has 0 unspecified atom stereocenters. The van der Waals surface area contributed by atoms with Gasteiger partial charge in [-0.3, -0.25) is 19.3 Å². The number of nitrogens with zero attached hydrogens (tertiary/aromatic N) is 1. The number of rotatable bonds is 0. The molecule has 2 aromatic carbocycles. The molecule has 4 rings (SSSR count). The molecule has 1 aliphatic heterocycles. The summed E-state index contributed by atoms with van der Waals surface area (Å²) in [7, 11) is 25.4. The lowest BCUT2D eigenvalue weighted by atomic mass is 9.67. The molecule has 2 amide bonds. The first-order valence-corrected chi connectivity index (χ1v) is 6.87. The summed E-state index contributed by atoms with van der Waals surface area (Å²) in [5.74, 6) is -1.40. The number of hydrogen-bond donors (Lipinski definition) is 0. The van der Waals surface area contributed by atoms with E-state index in [0.717, 1.165) is 4.90 Å². The van der Waals surface area contributed by atoms with Crippen LogP contribution < -0.4 is 21.9 Å². The van der Waals surface area contributed by atoms with Gasteiger partial charge in [0.1, 0.15) is 31.4 Å². The summed E-state index contributed by atoms with van der Waals surface area (Å²) in [6, 6.07) is 0. The van der Waals surface area contributed by atoms with E-state index in [2.05, 4.69) is 0 Å². The molecule has 0 saturated carbocycles. The van der Waals surface area contributed by atoms with Gasteiger partial charge in [0.15, 0.2) is 5.78 Å². The van der Waals surface area contributed by atoms with E-state index in [-0.39, 0.29) is 56.1 Å². The van der Waals surface area contributed by atoms with Gasteiger partial charge in [-0.05, 0) is 10.9 Å². The van der Waals surface area contributed by atoms with Crippen LogP contribution in [0, 0.1) is 0 Å². The first-order valence-electron chi connectivity index (χ1n) is 6.87. The van der Waals surface area contributed by atoms with Crippen molar-refractivity contribution < 1.29 is 14.4 Å². The number of benzene rings is 2. The number of amides is 2. The Morgan fingerprint density at radius 2 is 1.22 bits per heavy atom. The van der Waals surface area contributed by atoms with Gasteiger partial charge in [0.25, 0.3) is 11.8 Å². The highest BCUT2D eigenvalue weighted by atomic mass is 16.2. The van der Waals surface area contributed by atoms with E-state index in [9.17, 15) is 14.4 Å². The third-order valence-corrected chi connectivity index (χ3v) is 4.67. The zero-order valence-electron chi connectivity index (χ0n) is 12.2. The second-order valence-electron chi connectivity index (χ2n) is 5.78. The van der Waals surface area contributed by atoms with Gasteiger partial charge in [-0.2, -0.15) is 0 Å². The van der Waals surface area contributed by atoms with Gasteiger partial charge in [-0.15, -0.1) is 0 Å². The van der Waals surface area contributed by atoms with E-state index < -0.39 is 11.8 Å². The zero-order valence-corrected chi connectivity index (χ0v) is 12.2. The molecular weight excluding hydrogens is 285 g/mol. The monoisotopic (exact) mass is 291 g/mol. The molecule has 0 aromatic heterocycles. The standard InChI is InChI=1S/C15H5B4NO3/c1-20-14(22)8-7-5-3(10(16)12(8)18)2-4(21)6(5)11(17)13(19)9(7)15(20)23/h2H2,1H3. The van der Waals surface area contributed by atoms with Crippen molar-refractivity contribution >= 4 is 81.6 Å². The Morgan fingerprint density at radius 1 is 0.739 bits per heavy atom. The lowest BCUT2D eigenvalue weighted by Crippen LogP contribution is -2.48. The fraction of sp³-hybridized carbons (Fsp3) is 0.133. The second kappa shape index (κ2) is 4.19. The molecule has 2 aromatic rings. The Morgan fingerprint density at radius 3 is 1.78 bits per heavy atom. The van der Waals surface area contributed by atoms with Gasteiger partial charge in [0.05, 0.1) is 0 Å². The normalized spacial score (nSPS) is 15.9. The van der Waals surface area contributed by atoms with E-state index in [1.165, 1.54) is 7.05 Å². The molecule has 8 radical (unpaired) electrons. The van der Waals surface area contributed by atoms with Gasteiger partial charge in [0.2, 0.25) is 0 Å². The highest BCUT2D eigenvalue weighted by Gasteiger charge is 2.38. The summed E-state index contributed by atoms with van der Waals surface area (Å²) in [5.41, 5.74) is 1.18. The van der Waals surface area contributed by atoms with Crippen LogP contribution in [0.15, 0.2) is 0 Å². The number of carbonyl (C=O) groups is 3. The summed E-state index contributed by atoms with van der Waals surface area (Å²) in [4.78, 5) is 38.3. The first-order chi connectivity index (χ1) is 10.8. The Bertz CT molecular complexity index is 990. The maximum Gasteiger partial charge on any atom is 0.260 e. The number of hydrogen-bond acceptors (Lipinski definition) is 3. The lowest BCUT2D eigenvalue weighted by molar-refractivity contribution is 0.0652. The molecule has 0 fully saturated rings. The maximum atomic E-state index is 12.5. The van der Waals surface area contributed by atoms with Crippen LogP contribution in [0.1, 0.15) is 36.6 Å². The average Bonchev–Trinajstić information content (AvgIpc) is 2.85. The van der Waals surface area contributed by atoms with Gasteiger partial charge in [0, 0.05) is 35.5 Å². The van der Waals surface area contributed by atoms with Crippen molar-refractivity contribution in [2.75, 3.05) is 7.05 Å². The van der Waals surface area contributed by atoms with Crippen molar-refractivity contribution in [3.05, 3.63) is 22.3 Å². The summed E-state index contributed by atoms with van der Waals surface area (Å²) in [6.45, 7) is 0. The molecule has 0 saturated heterocycles. The summed E-state index contributed by atoms with van der Waals surface area (Å²) in [6.07, 6.45) is 0.0213. The van der Waals surface area contributed by atoms with E-state index in [1.54, 1.807) is 0 Å². The van der Waals surface area contributed by atoms with Crippen LogP contribution in [0.3, 0.4) is 0 Å². The van der Waals surface area contributed by atoms with Gasteiger partial charge in [-0.25, -0.2) is 0 Å². The molecule has 2 aliphatic rings. The largest absolute Gasteiger partial charge is 0.294 e. The first kappa shape index (κ1) is 14.4. The summed E-state index contributed by atoms with van der Waals surface area (Å²) >= 11 is 0. The molecule has 0 atom stereocenters. The fourth-order valence-corrected chi connectivity index (χ4v) is 3.50. The highest BCUT2D eigenvalue weighted by Crippen LogP contribution is 2.34. The van der Waals surface area contributed by atoms with E-state index in [4.69, 9.17) is 31.4 Å². The third kappa shape index (κ3) is 1.44. The predicted molar refractivity (Wildman–Crippen MR) is 90.0 cm³/mol. The van der Waals surface area contributed by atoms with Crippen LogP contribution in [0.4, 0.5) is 0 Å². The average molecular weight is 290 g/mol. The van der Waals surface area contributed by atoms with Crippen LogP contribution in [-0.4, -0.2) is 60.9 Å². The smallest absolute Gasteiger partial charge is 0.260 e. The molecule has 1 heterocycles. The van der Waals surface area contributed by atoms with E-state index in [1.807, 2.05) is 0 Å². The number of Topliss-reactive ketones (excluding diaryl/α,β-unsaturated/α-hetero) is 1. The van der Waals surface area contributed by atoms with E-state index in [0.29, 0.717) is 10.9 Å². The molecule has 0 spiro atoms. The van der Waals surface area contributed by atoms with Crippen LogP contribution in [0.25, 0.3) is 10.8 Å². The van der Waals surface area contributed by atoms with Crippen molar-refractivity contribution in [3.63, 3.8) is 0 Å². The molecule has 1 aliphatic carbocycles. The molecule has 100 valence electrons. The zero-order chi connectivity index (χ0) is 16.8. The molecule has 8 heteroatoms. The van der Waals surface area contributed by atoms with Gasteiger partial charge in [-0.1, -0.05) is 21.9 Å². The third-order valence-electron chi connectivity index (χ3n) is 4.67. The Labute approximate surface area is 137 Å². The van der Waals surface area contributed by atoms with Crippen LogP contribution >= 0.6 is 0 Å². The van der Waals surface area contributed by atoms with Crippen LogP contribution in [0.2, 0.25) is 0 Å². The van der Waals surface area contributed by atoms with Crippen molar-refractivity contribution in [1.82, 2.24) is 4.90 Å². The van der Waals surface area contributed by atoms with Crippen molar-refractivity contribution in [1.29, 1.82) is 0 Å². The SMILES string of the molecule is [B]c1c([B])c2c3c(c([B])c([B])c4c3c1CC4=O)C(=O)N(C)C2=O. The predicted octanol–water partition coefficient (Wildman–Crippen LogP) is -3.02. The minimum atomic E-state index is -0.576. The minimum Gasteiger partial charge on any atom is -0.294 e. The molecule has 0 N–H and O–H groups in total. The molecular formula is C15H5B4NO3. The van der Waals surface area contributed by atoms with Crippen molar-refractivity contribution in [2.45, 2.75) is 6.42 Å². The lowest BCUT2D eigenvalue weighted by Gasteiger charge is -2.29. The van der Waals surface area contributed by atoms with Crippen LogP contribution in [-0.2, 0) is 6.42 Å². The minimum absolute atomic E-state index is 0.0107. The van der Waals surface area contributed by atoms with Gasteiger partial charge >= 0.3 is 0 Å². The fourth-order valence-electron chi connectivity index (χ4n) is 3.50. The Kier molecular flexibility index (Phi) is 2.62. The Balaban J connectivity index is 2.40. The van der Waals surface area contributed by atoms with Gasteiger partial charge < -0.3 is 0 Å². The summed E-state index contributed by atoms with van der Waals surface area (Å²) < 4.78 is 0. The number of carbonyl (C=O) groups excluding carboxylic acids is 3. The topological polar surface area (TPSA) is 54.5 Å². The van der Waals surface area contributed by atoms with Crippen LogP contribution in [0.5, 0.6) is 0 Å². The molecule has 0 bridgehead atoms. The van der Waals surface area contributed by atoms with Crippen molar-refractivity contribution in [2.24, 2.45) is 0 Å².